The third-order valence-electron chi connectivity index (χ3n) is 6.78. The van der Waals surface area contributed by atoms with Crippen LogP contribution in [0, 0.1) is 5.92 Å². The summed E-state index contributed by atoms with van der Waals surface area (Å²) in [5.74, 6) is 1.24. The topological polar surface area (TPSA) is 21.3 Å². The van der Waals surface area contributed by atoms with E-state index >= 15 is 0 Å². The smallest absolute Gasteiger partial charge is 0.416 e. The predicted octanol–water partition coefficient (Wildman–Crippen LogP) is 8.23. The molecule has 1 aliphatic rings. The molecular weight excluding hydrogens is 447 g/mol. The summed E-state index contributed by atoms with van der Waals surface area (Å²) in [6.07, 6.45) is 1.72. The molecule has 1 N–H and O–H groups in total. The fraction of sp³-hybridized carbons (Fsp3) is 0.400. The lowest BCUT2D eigenvalue weighted by molar-refractivity contribution is -0.137. The van der Waals surface area contributed by atoms with Crippen molar-refractivity contribution in [3.63, 3.8) is 0 Å². The van der Waals surface area contributed by atoms with Crippen molar-refractivity contribution in [2.75, 3.05) is 13.1 Å². The van der Waals surface area contributed by atoms with Gasteiger partial charge >= 0.3 is 6.18 Å². The van der Waals surface area contributed by atoms with Crippen LogP contribution >= 0.6 is 0 Å². The Bertz CT molecular complexity index is 1040. The Kier molecular flexibility index (Phi) is 8.17. The highest BCUT2D eigenvalue weighted by atomic mass is 19.4. The molecule has 2 nitrogen and oxygen atoms in total. The van der Waals surface area contributed by atoms with Crippen LogP contribution in [0.4, 0.5) is 13.2 Å². The van der Waals surface area contributed by atoms with E-state index in [1.165, 1.54) is 25.0 Å². The minimum absolute atomic E-state index is 0.462. The normalized spacial score (nSPS) is 15.5. The van der Waals surface area contributed by atoms with E-state index < -0.39 is 17.3 Å². The molecule has 0 radical (unpaired) electrons. The monoisotopic (exact) mass is 481 g/mol. The first-order valence-corrected chi connectivity index (χ1v) is 12.6. The summed E-state index contributed by atoms with van der Waals surface area (Å²) < 4.78 is 45.9. The van der Waals surface area contributed by atoms with Crippen LogP contribution in [0.2, 0.25) is 0 Å². The van der Waals surface area contributed by atoms with E-state index in [-0.39, 0.29) is 0 Å². The number of hydrogen-bond acceptors (Lipinski definition) is 2. The Labute approximate surface area is 206 Å². The number of benzene rings is 3. The summed E-state index contributed by atoms with van der Waals surface area (Å²) in [6.45, 7) is 3.95. The second kappa shape index (κ2) is 11.3. The van der Waals surface area contributed by atoms with Crippen LogP contribution in [-0.4, -0.2) is 13.1 Å². The highest BCUT2D eigenvalue weighted by Gasteiger charge is 2.35. The molecule has 0 saturated heterocycles. The Balaban J connectivity index is 1.62. The molecule has 0 aliphatic heterocycles. The molecule has 5 heteroatoms. The lowest BCUT2D eigenvalue weighted by atomic mass is 9.84. The number of rotatable bonds is 12. The van der Waals surface area contributed by atoms with Gasteiger partial charge in [-0.2, -0.15) is 13.2 Å². The maximum atomic E-state index is 13.1. The van der Waals surface area contributed by atoms with E-state index in [9.17, 15) is 13.2 Å². The molecule has 0 aromatic heterocycles. The third-order valence-corrected chi connectivity index (χ3v) is 6.78. The number of unbranched alkanes of at least 4 members (excludes halogenated alkanes) is 1. The lowest BCUT2D eigenvalue weighted by Crippen LogP contribution is -2.37. The molecule has 0 spiro atoms. The fourth-order valence-corrected chi connectivity index (χ4v) is 4.49. The van der Waals surface area contributed by atoms with Crippen molar-refractivity contribution in [2.45, 2.75) is 57.2 Å². The quantitative estimate of drug-likeness (QED) is 0.263. The molecule has 1 aliphatic carbocycles. The zero-order valence-electron chi connectivity index (χ0n) is 20.3. The van der Waals surface area contributed by atoms with Gasteiger partial charge in [-0.3, -0.25) is 0 Å². The van der Waals surface area contributed by atoms with E-state index in [0.717, 1.165) is 73.5 Å². The van der Waals surface area contributed by atoms with Gasteiger partial charge in [0, 0.05) is 6.42 Å². The second-order valence-electron chi connectivity index (χ2n) is 9.56. The average molecular weight is 482 g/mol. The first-order chi connectivity index (χ1) is 16.9. The SMILES string of the molecule is CCCCC(CCNCC1CC1)(Oc1ccc(C(F)(F)F)cc1)c1ccc(-c2ccccc2)cc1. The molecule has 0 amide bonds. The summed E-state index contributed by atoms with van der Waals surface area (Å²) in [4.78, 5) is 0. The minimum Gasteiger partial charge on any atom is -0.483 e. The number of halogens is 3. The molecule has 186 valence electrons. The molecular formula is C30H34F3NO. The van der Waals surface area contributed by atoms with Crippen molar-refractivity contribution in [1.82, 2.24) is 5.32 Å². The van der Waals surface area contributed by atoms with Crippen LogP contribution in [0.15, 0.2) is 78.9 Å². The summed E-state index contributed by atoms with van der Waals surface area (Å²) >= 11 is 0. The van der Waals surface area contributed by atoms with E-state index in [0.29, 0.717) is 5.75 Å². The van der Waals surface area contributed by atoms with Crippen molar-refractivity contribution in [2.24, 2.45) is 5.92 Å². The molecule has 1 fully saturated rings. The van der Waals surface area contributed by atoms with Crippen molar-refractivity contribution >= 4 is 0 Å². The first kappa shape index (κ1) is 25.3. The molecule has 3 aromatic rings. The minimum atomic E-state index is -4.36. The van der Waals surface area contributed by atoms with Crippen molar-refractivity contribution in [3.8, 4) is 16.9 Å². The van der Waals surface area contributed by atoms with Gasteiger partial charge in [-0.05, 0) is 85.6 Å². The van der Waals surface area contributed by atoms with Crippen LogP contribution in [0.1, 0.15) is 56.6 Å². The molecule has 0 bridgehead atoms. The van der Waals surface area contributed by atoms with E-state index in [1.807, 2.05) is 18.2 Å². The maximum absolute atomic E-state index is 13.1. The van der Waals surface area contributed by atoms with E-state index in [4.69, 9.17) is 4.74 Å². The summed E-state index contributed by atoms with van der Waals surface area (Å²) in [5.41, 5.74) is 2.04. The molecule has 1 saturated carbocycles. The summed E-state index contributed by atoms with van der Waals surface area (Å²) in [6, 6.07) is 23.7. The van der Waals surface area contributed by atoms with Crippen molar-refractivity contribution in [1.29, 1.82) is 0 Å². The molecule has 1 atom stereocenters. The number of ether oxygens (including phenoxy) is 1. The zero-order valence-corrected chi connectivity index (χ0v) is 20.3. The van der Waals surface area contributed by atoms with Crippen LogP contribution in [0.5, 0.6) is 5.75 Å². The van der Waals surface area contributed by atoms with Gasteiger partial charge in [0.2, 0.25) is 0 Å². The highest BCUT2D eigenvalue weighted by Crippen LogP contribution is 2.39. The predicted molar refractivity (Wildman–Crippen MR) is 135 cm³/mol. The largest absolute Gasteiger partial charge is 0.483 e. The number of nitrogens with one attached hydrogen (secondary N) is 1. The zero-order chi connectivity index (χ0) is 24.7. The van der Waals surface area contributed by atoms with Gasteiger partial charge in [-0.25, -0.2) is 0 Å². The first-order valence-electron chi connectivity index (χ1n) is 12.6. The Morgan fingerprint density at radius 3 is 2.03 bits per heavy atom. The van der Waals surface area contributed by atoms with Gasteiger partial charge in [0.05, 0.1) is 5.56 Å². The highest BCUT2D eigenvalue weighted by molar-refractivity contribution is 5.63. The van der Waals surface area contributed by atoms with Gasteiger partial charge in [0.15, 0.2) is 0 Å². The Morgan fingerprint density at radius 2 is 1.43 bits per heavy atom. The lowest BCUT2D eigenvalue weighted by Gasteiger charge is -2.36. The Morgan fingerprint density at radius 1 is 0.800 bits per heavy atom. The molecule has 3 aromatic carbocycles. The van der Waals surface area contributed by atoms with Gasteiger partial charge in [0.1, 0.15) is 11.4 Å². The van der Waals surface area contributed by atoms with Gasteiger partial charge in [0.25, 0.3) is 0 Å². The van der Waals surface area contributed by atoms with Crippen LogP contribution in [-0.2, 0) is 11.8 Å². The second-order valence-corrected chi connectivity index (χ2v) is 9.56. The maximum Gasteiger partial charge on any atom is 0.416 e. The summed E-state index contributed by atoms with van der Waals surface area (Å²) in [7, 11) is 0. The third kappa shape index (κ3) is 6.88. The van der Waals surface area contributed by atoms with Gasteiger partial charge < -0.3 is 10.1 Å². The standard InChI is InChI=1S/C30H34F3NO/c1-2-3-19-29(20-21-34-22-23-9-10-23,35-28-17-15-27(16-18-28)30(31,32)33)26-13-11-25(12-14-26)24-7-5-4-6-8-24/h4-8,11-18,23,34H,2-3,9-10,19-22H2,1H3. The number of alkyl halides is 3. The van der Waals surface area contributed by atoms with Crippen molar-refractivity contribution < 1.29 is 17.9 Å². The molecule has 35 heavy (non-hydrogen) atoms. The van der Waals surface area contributed by atoms with Crippen LogP contribution < -0.4 is 10.1 Å². The summed E-state index contributed by atoms with van der Waals surface area (Å²) in [5, 5.41) is 3.57. The van der Waals surface area contributed by atoms with Gasteiger partial charge in [-0.1, -0.05) is 67.9 Å². The van der Waals surface area contributed by atoms with E-state index in [2.05, 4.69) is 48.6 Å². The fourth-order valence-electron chi connectivity index (χ4n) is 4.49. The van der Waals surface area contributed by atoms with Crippen LogP contribution in [0.25, 0.3) is 11.1 Å². The Hall–Kier alpha value is -2.79. The van der Waals surface area contributed by atoms with Crippen molar-refractivity contribution in [3.05, 3.63) is 90.0 Å². The number of hydrogen-bond donors (Lipinski definition) is 1. The molecule has 4 rings (SSSR count). The average Bonchev–Trinajstić information content (AvgIpc) is 3.70. The van der Waals surface area contributed by atoms with Crippen LogP contribution in [0.3, 0.4) is 0 Å². The van der Waals surface area contributed by atoms with E-state index in [1.54, 1.807) is 0 Å². The molecule has 1 unspecified atom stereocenters. The molecule has 0 heterocycles. The van der Waals surface area contributed by atoms with Gasteiger partial charge in [-0.15, -0.1) is 0 Å².